The molecule has 5 aliphatic rings. The first-order valence-corrected chi connectivity index (χ1v) is 14.4. The molecule has 0 spiro atoms. The van der Waals surface area contributed by atoms with Gasteiger partial charge in [0.05, 0.1) is 35.4 Å². The van der Waals surface area contributed by atoms with Gasteiger partial charge >= 0.3 is 12.2 Å². The van der Waals surface area contributed by atoms with Crippen LogP contribution >= 0.6 is 11.6 Å². The fourth-order valence-corrected chi connectivity index (χ4v) is 7.43. The van der Waals surface area contributed by atoms with E-state index in [2.05, 4.69) is 15.2 Å². The third-order valence-corrected chi connectivity index (χ3v) is 9.30. The summed E-state index contributed by atoms with van der Waals surface area (Å²) in [7, 11) is 0. The summed E-state index contributed by atoms with van der Waals surface area (Å²) >= 11 is 5.98. The Morgan fingerprint density at radius 3 is 2.73 bits per heavy atom. The minimum atomic E-state index is -4.76. The number of benzene rings is 1. The number of hydrogen-bond donors (Lipinski definition) is 2. The third kappa shape index (κ3) is 4.95. The molecule has 2 bridgehead atoms. The van der Waals surface area contributed by atoms with E-state index in [0.29, 0.717) is 37.4 Å². The summed E-state index contributed by atoms with van der Waals surface area (Å²) in [5, 5.41) is 13.1. The Bertz CT molecular complexity index is 1470. The molecule has 0 saturated carbocycles. The van der Waals surface area contributed by atoms with Crippen LogP contribution in [0.15, 0.2) is 12.1 Å². The number of phenols is 1. The quantitative estimate of drug-likeness (QED) is 0.493. The average molecular weight is 600 g/mol. The lowest BCUT2D eigenvalue weighted by atomic mass is 9.95. The SMILES string of the molecule is [2H]C1([2H])CC[C@@]2(COc3nc4c(c(N5C[C@H]6CC[C@@H](C5)N6)n3)CCN(c3cc(O)cc(Cl)c3C(F)(F)F)C4)C[C@@]([2H])(F)CN12. The molecular weight excluding hydrogens is 564 g/mol. The zero-order valence-electron chi connectivity index (χ0n) is 25.3. The number of aromatic hydroxyl groups is 1. The van der Waals surface area contributed by atoms with Crippen LogP contribution in [0.3, 0.4) is 0 Å². The molecule has 0 aliphatic carbocycles. The third-order valence-electron chi connectivity index (χ3n) is 9.00. The fourth-order valence-electron chi connectivity index (χ4n) is 7.12. The number of piperazine rings is 1. The molecule has 1 aromatic carbocycles. The molecule has 4 saturated heterocycles. The van der Waals surface area contributed by atoms with Crippen LogP contribution < -0.4 is 19.9 Å². The van der Waals surface area contributed by atoms with Crippen molar-refractivity contribution in [2.45, 2.75) is 75.0 Å². The Kier molecular flexibility index (Phi) is 5.85. The number of halogens is 5. The van der Waals surface area contributed by atoms with Gasteiger partial charge in [0.1, 0.15) is 24.3 Å². The predicted octanol–water partition coefficient (Wildman–Crippen LogP) is 4.31. The maximum absolute atomic E-state index is 14.9. The summed E-state index contributed by atoms with van der Waals surface area (Å²) in [6.45, 7) is -0.698. The molecule has 41 heavy (non-hydrogen) atoms. The van der Waals surface area contributed by atoms with Crippen LogP contribution in [-0.2, 0) is 19.1 Å². The smallest absolute Gasteiger partial charge is 0.419 e. The maximum atomic E-state index is 14.9. The summed E-state index contributed by atoms with van der Waals surface area (Å²) in [5.41, 5.74) is -1.05. The van der Waals surface area contributed by atoms with Crippen molar-refractivity contribution in [3.63, 3.8) is 0 Å². The van der Waals surface area contributed by atoms with Crippen molar-refractivity contribution >= 4 is 23.1 Å². The molecule has 2 aromatic rings. The van der Waals surface area contributed by atoms with Gasteiger partial charge in [0.15, 0.2) is 0 Å². The van der Waals surface area contributed by atoms with Crippen LogP contribution in [0.2, 0.25) is 5.02 Å². The normalized spacial score (nSPS) is 33.7. The van der Waals surface area contributed by atoms with E-state index in [-0.39, 0.29) is 68.6 Å². The number of rotatable bonds is 5. The molecule has 4 atom stereocenters. The largest absolute Gasteiger partial charge is 0.508 e. The number of nitrogens with zero attached hydrogens (tertiary/aromatic N) is 5. The van der Waals surface area contributed by atoms with E-state index < -0.39 is 34.9 Å². The Hall–Kier alpha value is -2.57. The highest BCUT2D eigenvalue weighted by molar-refractivity contribution is 6.32. The Labute approximate surface area is 244 Å². The number of anilines is 2. The number of phenolic OH excluding ortho intramolecular Hbond substituents is 1. The number of hydrogen-bond acceptors (Lipinski definition) is 8. The number of alkyl halides is 4. The van der Waals surface area contributed by atoms with Crippen LogP contribution in [0.5, 0.6) is 11.8 Å². The molecule has 5 aliphatic heterocycles. The first-order valence-electron chi connectivity index (χ1n) is 15.5. The Morgan fingerprint density at radius 2 is 1.98 bits per heavy atom. The summed E-state index contributed by atoms with van der Waals surface area (Å²) < 4.78 is 88.0. The highest BCUT2D eigenvalue weighted by atomic mass is 35.5. The minimum absolute atomic E-state index is 0.0247. The summed E-state index contributed by atoms with van der Waals surface area (Å²) in [6, 6.07) is 2.47. The van der Waals surface area contributed by atoms with Crippen molar-refractivity contribution in [1.29, 1.82) is 0 Å². The van der Waals surface area contributed by atoms with Crippen molar-refractivity contribution in [3.05, 3.63) is 34.0 Å². The Morgan fingerprint density at radius 1 is 1.20 bits per heavy atom. The zero-order valence-corrected chi connectivity index (χ0v) is 23.0. The lowest BCUT2D eigenvalue weighted by Crippen LogP contribution is -2.52. The van der Waals surface area contributed by atoms with Crippen LogP contribution in [0, 0.1) is 0 Å². The molecule has 13 heteroatoms. The molecule has 7 rings (SSSR count). The topological polar surface area (TPSA) is 77.0 Å². The van der Waals surface area contributed by atoms with E-state index in [1.165, 1.54) is 9.80 Å². The van der Waals surface area contributed by atoms with Gasteiger partial charge in [0, 0.05) is 59.1 Å². The maximum Gasteiger partial charge on any atom is 0.419 e. The van der Waals surface area contributed by atoms with E-state index in [0.717, 1.165) is 30.5 Å². The van der Waals surface area contributed by atoms with Gasteiger partial charge in [-0.05, 0) is 44.7 Å². The van der Waals surface area contributed by atoms with Crippen LogP contribution in [0.1, 0.15) is 53.0 Å². The van der Waals surface area contributed by atoms with Crippen LogP contribution in [-0.4, -0.2) is 83.0 Å². The summed E-state index contributed by atoms with van der Waals surface area (Å²) in [5.74, 6) is 0.263. The molecule has 6 heterocycles. The zero-order chi connectivity index (χ0) is 31.2. The molecule has 8 nitrogen and oxygen atoms in total. The summed E-state index contributed by atoms with van der Waals surface area (Å²) in [4.78, 5) is 14.5. The second-order valence-electron chi connectivity index (χ2n) is 11.7. The number of nitrogens with one attached hydrogen (secondary N) is 1. The van der Waals surface area contributed by atoms with Crippen LogP contribution in [0.4, 0.5) is 29.1 Å². The first-order chi connectivity index (χ1) is 20.6. The number of ether oxygens (including phenoxy) is 1. The first kappa shape index (κ1) is 23.9. The van der Waals surface area contributed by atoms with Gasteiger partial charge in [-0.1, -0.05) is 11.6 Å². The summed E-state index contributed by atoms with van der Waals surface area (Å²) in [6.07, 6.45) is -4.41. The monoisotopic (exact) mass is 599 g/mol. The molecule has 1 aromatic heterocycles. The van der Waals surface area contributed by atoms with Crippen LogP contribution in [0.25, 0.3) is 0 Å². The van der Waals surface area contributed by atoms with Gasteiger partial charge in [-0.25, -0.2) is 4.39 Å². The average Bonchev–Trinajstić information content (AvgIpc) is 3.51. The Balaban J connectivity index is 1.24. The second kappa shape index (κ2) is 10.0. The van der Waals surface area contributed by atoms with E-state index in [9.17, 15) is 22.7 Å². The predicted molar refractivity (Wildman–Crippen MR) is 146 cm³/mol. The molecule has 4 fully saturated rings. The van der Waals surface area contributed by atoms with Gasteiger partial charge in [0.2, 0.25) is 0 Å². The molecule has 2 N–H and O–H groups in total. The van der Waals surface area contributed by atoms with E-state index in [4.69, 9.17) is 25.4 Å². The lowest BCUT2D eigenvalue weighted by molar-refractivity contribution is -0.137. The van der Waals surface area contributed by atoms with Gasteiger partial charge in [-0.15, -0.1) is 0 Å². The number of aromatic nitrogens is 2. The fraction of sp³-hybridized carbons (Fsp3) is 0.643. The highest BCUT2D eigenvalue weighted by Crippen LogP contribution is 2.45. The molecular formula is C28H33ClF4N6O2. The van der Waals surface area contributed by atoms with Gasteiger partial charge < -0.3 is 25.0 Å². The van der Waals surface area contributed by atoms with Gasteiger partial charge in [-0.2, -0.15) is 23.1 Å². The number of fused-ring (bicyclic) bond motifs is 4. The van der Waals surface area contributed by atoms with Crippen molar-refractivity contribution < 1.29 is 31.5 Å². The molecule has 0 unspecified atom stereocenters. The van der Waals surface area contributed by atoms with Crippen molar-refractivity contribution in [2.24, 2.45) is 0 Å². The molecule has 222 valence electrons. The minimum Gasteiger partial charge on any atom is -0.508 e. The molecule has 0 amide bonds. The van der Waals surface area contributed by atoms with Gasteiger partial charge in [0.25, 0.3) is 0 Å². The van der Waals surface area contributed by atoms with Crippen molar-refractivity contribution in [1.82, 2.24) is 20.2 Å². The standard InChI is InChI=1S/C28H33ClF4N6O2/c29-21-8-19(40)9-23(24(21)28(31,32)33)37-7-4-20-22(14-37)35-26(36-25(20)38-12-17-2-3-18(13-38)34-17)41-15-27-5-1-6-39(27)11-16(30)10-27/h8-9,16-18,34,40H,1-7,10-15H2/t16-,17-,18+,27+/m1/s1/i6D2,16D. The second-order valence-corrected chi connectivity index (χ2v) is 12.1. The molecule has 0 radical (unpaired) electrons. The van der Waals surface area contributed by atoms with Crippen molar-refractivity contribution in [3.8, 4) is 11.8 Å². The van der Waals surface area contributed by atoms with Crippen molar-refractivity contribution in [2.75, 3.05) is 49.1 Å². The lowest BCUT2D eigenvalue weighted by Gasteiger charge is -2.38. The van der Waals surface area contributed by atoms with Gasteiger partial charge in [-0.3, -0.25) is 4.90 Å². The van der Waals surface area contributed by atoms with E-state index in [1.807, 2.05) is 0 Å². The highest BCUT2D eigenvalue weighted by Gasteiger charge is 2.49. The van der Waals surface area contributed by atoms with E-state index >= 15 is 0 Å². The van der Waals surface area contributed by atoms with E-state index in [1.54, 1.807) is 0 Å².